The van der Waals surface area contributed by atoms with Crippen LogP contribution in [0.2, 0.25) is 0 Å². The Morgan fingerprint density at radius 1 is 1.00 bits per heavy atom. The summed E-state index contributed by atoms with van der Waals surface area (Å²) in [5.41, 5.74) is 2.11. The fourth-order valence-corrected chi connectivity index (χ4v) is 3.40. The normalized spacial score (nSPS) is 10.9. The van der Waals surface area contributed by atoms with Gasteiger partial charge in [0.1, 0.15) is 17.2 Å². The summed E-state index contributed by atoms with van der Waals surface area (Å²) >= 11 is 0. The Labute approximate surface area is 170 Å². The molecule has 150 valence electrons. The molecule has 0 radical (unpaired) electrons. The van der Waals surface area contributed by atoms with E-state index < -0.39 is 23.2 Å². The number of carbonyl (C=O) groups is 1. The molecule has 1 N–H and O–H groups in total. The third-order valence-corrected chi connectivity index (χ3v) is 4.76. The molecule has 4 nitrogen and oxygen atoms in total. The molecule has 4 aromatic rings. The smallest absolute Gasteiger partial charge is 0.340 e. The van der Waals surface area contributed by atoms with Crippen molar-refractivity contribution in [3.8, 4) is 11.1 Å². The molecule has 0 bridgehead atoms. The Morgan fingerprint density at radius 2 is 1.77 bits per heavy atom. The molecule has 6 heteroatoms. The van der Waals surface area contributed by atoms with Gasteiger partial charge < -0.3 is 9.73 Å². The maximum Gasteiger partial charge on any atom is 0.340 e. The lowest BCUT2D eigenvalue weighted by Crippen LogP contribution is -2.21. The molecule has 0 atom stereocenters. The summed E-state index contributed by atoms with van der Waals surface area (Å²) in [4.78, 5) is 25.3. The number of hydrogen-bond acceptors (Lipinski definition) is 3. The minimum absolute atomic E-state index is 0.163. The first kappa shape index (κ1) is 19.5. The maximum absolute atomic E-state index is 13.9. The lowest BCUT2D eigenvalue weighted by atomic mass is 9.94. The van der Waals surface area contributed by atoms with E-state index in [0.29, 0.717) is 22.6 Å². The van der Waals surface area contributed by atoms with Crippen LogP contribution >= 0.6 is 0 Å². The van der Waals surface area contributed by atoms with Crippen molar-refractivity contribution in [1.29, 1.82) is 0 Å². The average molecular weight is 405 g/mol. The molecule has 0 spiro atoms. The molecule has 1 aromatic heterocycles. The minimum atomic E-state index is -0.896. The topological polar surface area (TPSA) is 59.3 Å². The monoisotopic (exact) mass is 405 g/mol. The highest BCUT2D eigenvalue weighted by Gasteiger charge is 2.20. The second-order valence-corrected chi connectivity index (χ2v) is 6.96. The summed E-state index contributed by atoms with van der Waals surface area (Å²) in [5.74, 6) is -2.26. The summed E-state index contributed by atoms with van der Waals surface area (Å²) in [5, 5.41) is 3.10. The van der Waals surface area contributed by atoms with Crippen molar-refractivity contribution < 1.29 is 18.0 Å². The number of anilines is 1. The van der Waals surface area contributed by atoms with Crippen molar-refractivity contribution >= 4 is 22.6 Å². The molecular formula is C24H17F2NO3. The average Bonchev–Trinajstić information content (AvgIpc) is 2.72. The van der Waals surface area contributed by atoms with Gasteiger partial charge in [0, 0.05) is 17.0 Å². The molecule has 0 unspecified atom stereocenters. The second-order valence-electron chi connectivity index (χ2n) is 6.96. The molecule has 0 aliphatic heterocycles. The molecule has 30 heavy (non-hydrogen) atoms. The van der Waals surface area contributed by atoms with Crippen molar-refractivity contribution in [1.82, 2.24) is 0 Å². The Kier molecular flexibility index (Phi) is 5.14. The van der Waals surface area contributed by atoms with Crippen molar-refractivity contribution in [2.45, 2.75) is 13.3 Å². The van der Waals surface area contributed by atoms with Crippen molar-refractivity contribution in [3.63, 3.8) is 0 Å². The zero-order valence-electron chi connectivity index (χ0n) is 16.0. The molecule has 0 fully saturated rings. The van der Waals surface area contributed by atoms with Crippen LogP contribution in [0.15, 0.2) is 75.9 Å². The van der Waals surface area contributed by atoms with Gasteiger partial charge in [0.25, 0.3) is 0 Å². The second kappa shape index (κ2) is 7.91. The first-order valence-corrected chi connectivity index (χ1v) is 9.29. The van der Waals surface area contributed by atoms with Gasteiger partial charge in [-0.1, -0.05) is 42.0 Å². The quantitative estimate of drug-likeness (QED) is 0.473. The highest BCUT2D eigenvalue weighted by molar-refractivity contribution is 5.99. The summed E-state index contributed by atoms with van der Waals surface area (Å²) in [6, 6.07) is 17.5. The van der Waals surface area contributed by atoms with Gasteiger partial charge in [0.05, 0.1) is 17.7 Å². The lowest BCUT2D eigenvalue weighted by molar-refractivity contribution is -0.115. The standard InChI is InChI=1S/C24H17F2NO3/c1-14-7-10-21-17(11-14)23(15-5-3-2-4-6-15)18(24(29)30-21)13-22(28)27-20-9-8-16(25)12-19(20)26/h2-12H,13H2,1H3,(H,27,28). The third-order valence-electron chi connectivity index (χ3n) is 4.76. The van der Waals surface area contributed by atoms with E-state index in [1.54, 1.807) is 6.07 Å². The first-order valence-electron chi connectivity index (χ1n) is 9.29. The molecule has 4 rings (SSSR count). The number of amides is 1. The maximum atomic E-state index is 13.9. The highest BCUT2D eigenvalue weighted by atomic mass is 19.1. The molecule has 1 heterocycles. The van der Waals surface area contributed by atoms with Crippen LogP contribution in [0.25, 0.3) is 22.1 Å². The van der Waals surface area contributed by atoms with Gasteiger partial charge in [0.2, 0.25) is 5.91 Å². The van der Waals surface area contributed by atoms with Crippen LogP contribution < -0.4 is 10.9 Å². The summed E-state index contributed by atoms with van der Waals surface area (Å²) < 4.78 is 32.4. The van der Waals surface area contributed by atoms with E-state index in [4.69, 9.17) is 4.42 Å². The third kappa shape index (κ3) is 3.85. The molecule has 3 aromatic carbocycles. The van der Waals surface area contributed by atoms with E-state index in [2.05, 4.69) is 5.32 Å². The van der Waals surface area contributed by atoms with E-state index in [0.717, 1.165) is 23.3 Å². The van der Waals surface area contributed by atoms with Crippen LogP contribution in [-0.2, 0) is 11.2 Å². The van der Waals surface area contributed by atoms with Gasteiger partial charge in [-0.15, -0.1) is 0 Å². The summed E-state index contributed by atoms with van der Waals surface area (Å²) in [6.07, 6.45) is -0.326. The van der Waals surface area contributed by atoms with Crippen LogP contribution in [-0.4, -0.2) is 5.91 Å². The van der Waals surface area contributed by atoms with Crippen LogP contribution in [0.3, 0.4) is 0 Å². The number of aryl methyl sites for hydroxylation is 1. The minimum Gasteiger partial charge on any atom is -0.422 e. The van der Waals surface area contributed by atoms with Crippen molar-refractivity contribution in [3.05, 3.63) is 99.9 Å². The zero-order valence-corrected chi connectivity index (χ0v) is 16.0. The van der Waals surface area contributed by atoms with Gasteiger partial charge in [-0.05, 0) is 36.8 Å². The Hall–Kier alpha value is -3.80. The van der Waals surface area contributed by atoms with E-state index in [1.165, 1.54) is 0 Å². The van der Waals surface area contributed by atoms with E-state index in [-0.39, 0.29) is 17.7 Å². The predicted octanol–water partition coefficient (Wildman–Crippen LogP) is 5.23. The Morgan fingerprint density at radius 3 is 2.50 bits per heavy atom. The number of rotatable bonds is 4. The number of fused-ring (bicyclic) bond motifs is 1. The molecule has 0 aliphatic rings. The van der Waals surface area contributed by atoms with Crippen molar-refractivity contribution in [2.75, 3.05) is 5.32 Å². The van der Waals surface area contributed by atoms with E-state index in [1.807, 2.05) is 49.4 Å². The first-order chi connectivity index (χ1) is 14.4. The largest absolute Gasteiger partial charge is 0.422 e. The number of halogens is 2. The van der Waals surface area contributed by atoms with Crippen molar-refractivity contribution in [2.24, 2.45) is 0 Å². The Balaban J connectivity index is 1.81. The number of benzene rings is 3. The SMILES string of the molecule is Cc1ccc2oc(=O)c(CC(=O)Nc3ccc(F)cc3F)c(-c3ccccc3)c2c1. The van der Waals surface area contributed by atoms with Crippen LogP contribution in [0.1, 0.15) is 11.1 Å². The van der Waals surface area contributed by atoms with Gasteiger partial charge in [-0.25, -0.2) is 13.6 Å². The molecule has 0 saturated heterocycles. The fraction of sp³-hybridized carbons (Fsp3) is 0.0833. The van der Waals surface area contributed by atoms with Crippen LogP contribution in [0.5, 0.6) is 0 Å². The predicted molar refractivity (Wildman–Crippen MR) is 111 cm³/mol. The van der Waals surface area contributed by atoms with Gasteiger partial charge in [-0.3, -0.25) is 4.79 Å². The lowest BCUT2D eigenvalue weighted by Gasteiger charge is -2.13. The molecule has 0 saturated carbocycles. The Bertz CT molecular complexity index is 1310. The molecule has 1 amide bonds. The number of nitrogens with one attached hydrogen (secondary N) is 1. The summed E-state index contributed by atoms with van der Waals surface area (Å²) in [6.45, 7) is 1.92. The zero-order chi connectivity index (χ0) is 21.3. The number of carbonyl (C=O) groups excluding carboxylic acids is 1. The highest BCUT2D eigenvalue weighted by Crippen LogP contribution is 2.31. The van der Waals surface area contributed by atoms with Crippen LogP contribution in [0, 0.1) is 18.6 Å². The molecular weight excluding hydrogens is 388 g/mol. The van der Waals surface area contributed by atoms with Crippen LogP contribution in [0.4, 0.5) is 14.5 Å². The fourth-order valence-electron chi connectivity index (χ4n) is 3.40. The van der Waals surface area contributed by atoms with E-state index >= 15 is 0 Å². The number of hydrogen-bond donors (Lipinski definition) is 1. The molecule has 0 aliphatic carbocycles. The summed E-state index contributed by atoms with van der Waals surface area (Å²) in [7, 11) is 0. The van der Waals surface area contributed by atoms with Gasteiger partial charge >= 0.3 is 5.63 Å². The van der Waals surface area contributed by atoms with E-state index in [9.17, 15) is 18.4 Å². The van der Waals surface area contributed by atoms with Gasteiger partial charge in [-0.2, -0.15) is 0 Å². The van der Waals surface area contributed by atoms with Gasteiger partial charge in [0.15, 0.2) is 0 Å².